The van der Waals surface area contributed by atoms with Gasteiger partial charge in [-0.1, -0.05) is 20.3 Å². The number of rotatable bonds is 5. The molecule has 2 rings (SSSR count). The first kappa shape index (κ1) is 14.3. The molecule has 0 saturated carbocycles. The van der Waals surface area contributed by atoms with Crippen LogP contribution < -0.4 is 10.6 Å². The Kier molecular flexibility index (Phi) is 4.80. The van der Waals surface area contributed by atoms with Gasteiger partial charge in [-0.05, 0) is 31.6 Å². The van der Waals surface area contributed by atoms with Gasteiger partial charge in [0.15, 0.2) is 0 Å². The van der Waals surface area contributed by atoms with Gasteiger partial charge in [0.25, 0.3) is 0 Å². The van der Waals surface area contributed by atoms with Gasteiger partial charge in [-0.2, -0.15) is 4.98 Å². The van der Waals surface area contributed by atoms with Crippen LogP contribution in [0.5, 0.6) is 0 Å². The predicted octanol–water partition coefficient (Wildman–Crippen LogP) is 1.96. The molecule has 1 saturated heterocycles. The summed E-state index contributed by atoms with van der Waals surface area (Å²) < 4.78 is 0. The van der Waals surface area contributed by atoms with E-state index < -0.39 is 0 Å². The second-order valence-corrected chi connectivity index (χ2v) is 5.98. The van der Waals surface area contributed by atoms with Crippen LogP contribution in [0.4, 0.5) is 5.95 Å². The topological polar surface area (TPSA) is 70.8 Å². The first-order chi connectivity index (χ1) is 9.10. The molecule has 108 valence electrons. The van der Waals surface area contributed by atoms with E-state index in [1.807, 2.05) is 0 Å². The maximum Gasteiger partial charge on any atom is 0.244 e. The summed E-state index contributed by atoms with van der Waals surface area (Å²) in [5.41, 5.74) is 5.97. The quantitative estimate of drug-likeness (QED) is 0.853. The van der Waals surface area contributed by atoms with Crippen LogP contribution in [0.15, 0.2) is 0 Å². The lowest BCUT2D eigenvalue weighted by molar-refractivity contribution is 0.352. The minimum absolute atomic E-state index is 0.301. The van der Waals surface area contributed by atoms with Crippen molar-refractivity contribution >= 4 is 5.95 Å². The molecule has 5 heteroatoms. The van der Waals surface area contributed by atoms with Gasteiger partial charge in [0.05, 0.1) is 0 Å². The van der Waals surface area contributed by atoms with Gasteiger partial charge in [0, 0.05) is 25.6 Å². The molecule has 1 aromatic rings. The SMILES string of the molecule is CCC(C)Cc1nc(N2CCC(C(C)N)CC2)n[nH]1. The zero-order valence-electron chi connectivity index (χ0n) is 12.4. The average Bonchev–Trinajstić information content (AvgIpc) is 2.87. The van der Waals surface area contributed by atoms with Gasteiger partial charge in [-0.3, -0.25) is 5.10 Å². The van der Waals surface area contributed by atoms with Crippen LogP contribution in [-0.4, -0.2) is 34.3 Å². The molecule has 0 amide bonds. The third-order valence-corrected chi connectivity index (χ3v) is 4.32. The lowest BCUT2D eigenvalue weighted by atomic mass is 9.91. The van der Waals surface area contributed by atoms with Gasteiger partial charge in [0.2, 0.25) is 5.95 Å². The predicted molar refractivity (Wildman–Crippen MR) is 78.1 cm³/mol. The van der Waals surface area contributed by atoms with Gasteiger partial charge in [-0.15, -0.1) is 5.10 Å². The van der Waals surface area contributed by atoms with Gasteiger partial charge in [0.1, 0.15) is 5.82 Å². The Labute approximate surface area is 116 Å². The number of aromatic nitrogens is 3. The normalized spacial score (nSPS) is 20.5. The molecule has 2 heterocycles. The number of hydrogen-bond acceptors (Lipinski definition) is 4. The fourth-order valence-electron chi connectivity index (χ4n) is 2.62. The molecule has 19 heavy (non-hydrogen) atoms. The van der Waals surface area contributed by atoms with E-state index in [2.05, 4.69) is 40.9 Å². The molecule has 5 nitrogen and oxygen atoms in total. The molecule has 2 atom stereocenters. The van der Waals surface area contributed by atoms with E-state index in [4.69, 9.17) is 5.73 Å². The highest BCUT2D eigenvalue weighted by Gasteiger charge is 2.24. The van der Waals surface area contributed by atoms with E-state index in [1.165, 1.54) is 6.42 Å². The lowest BCUT2D eigenvalue weighted by Crippen LogP contribution is -2.40. The maximum atomic E-state index is 5.97. The summed E-state index contributed by atoms with van der Waals surface area (Å²) >= 11 is 0. The average molecular weight is 265 g/mol. The number of hydrogen-bond donors (Lipinski definition) is 2. The minimum atomic E-state index is 0.301. The Morgan fingerprint density at radius 2 is 2.05 bits per heavy atom. The molecule has 0 aliphatic carbocycles. The molecule has 1 aliphatic heterocycles. The van der Waals surface area contributed by atoms with Crippen molar-refractivity contribution in [2.45, 2.75) is 52.5 Å². The molecule has 0 bridgehead atoms. The minimum Gasteiger partial charge on any atom is -0.340 e. The van der Waals surface area contributed by atoms with Crippen LogP contribution in [0.1, 0.15) is 45.9 Å². The van der Waals surface area contributed by atoms with E-state index in [9.17, 15) is 0 Å². The molecule has 0 radical (unpaired) electrons. The standard InChI is InChI=1S/C14H27N5/c1-4-10(2)9-13-16-14(18-17-13)19-7-5-12(6-8-19)11(3)15/h10-12H,4-9,15H2,1-3H3,(H,16,17,18). The monoisotopic (exact) mass is 265 g/mol. The molecular weight excluding hydrogens is 238 g/mol. The van der Waals surface area contributed by atoms with Crippen LogP contribution in [0.25, 0.3) is 0 Å². The van der Waals surface area contributed by atoms with Crippen molar-refractivity contribution in [2.24, 2.45) is 17.6 Å². The van der Waals surface area contributed by atoms with Crippen molar-refractivity contribution in [1.29, 1.82) is 0 Å². The zero-order valence-corrected chi connectivity index (χ0v) is 12.4. The van der Waals surface area contributed by atoms with Crippen molar-refractivity contribution in [3.8, 4) is 0 Å². The van der Waals surface area contributed by atoms with E-state index in [0.717, 1.165) is 44.1 Å². The molecule has 2 unspecified atom stereocenters. The number of nitrogens with zero attached hydrogens (tertiary/aromatic N) is 3. The highest BCUT2D eigenvalue weighted by atomic mass is 15.4. The summed E-state index contributed by atoms with van der Waals surface area (Å²) in [4.78, 5) is 6.89. The molecule has 3 N–H and O–H groups in total. The molecular formula is C14H27N5. The summed E-state index contributed by atoms with van der Waals surface area (Å²) in [6.07, 6.45) is 4.45. The van der Waals surface area contributed by atoms with Crippen molar-refractivity contribution in [3.05, 3.63) is 5.82 Å². The van der Waals surface area contributed by atoms with Crippen LogP contribution in [0.3, 0.4) is 0 Å². The first-order valence-electron chi connectivity index (χ1n) is 7.52. The second kappa shape index (κ2) is 6.37. The summed E-state index contributed by atoms with van der Waals surface area (Å²) in [5.74, 6) is 3.18. The van der Waals surface area contributed by atoms with Crippen LogP contribution in [0.2, 0.25) is 0 Å². The van der Waals surface area contributed by atoms with Crippen LogP contribution >= 0.6 is 0 Å². The summed E-state index contributed by atoms with van der Waals surface area (Å²) in [5, 5.41) is 7.43. The Balaban J connectivity index is 1.89. The highest BCUT2D eigenvalue weighted by Crippen LogP contribution is 2.22. The number of nitrogens with two attached hydrogens (primary N) is 1. The van der Waals surface area contributed by atoms with E-state index in [-0.39, 0.29) is 0 Å². The van der Waals surface area contributed by atoms with Crippen molar-refractivity contribution in [2.75, 3.05) is 18.0 Å². The van der Waals surface area contributed by atoms with Crippen molar-refractivity contribution in [3.63, 3.8) is 0 Å². The van der Waals surface area contributed by atoms with Gasteiger partial charge < -0.3 is 10.6 Å². The number of nitrogens with one attached hydrogen (secondary N) is 1. The lowest BCUT2D eigenvalue weighted by Gasteiger charge is -2.32. The number of piperidine rings is 1. The Bertz CT molecular complexity index is 379. The molecule has 1 aromatic heterocycles. The second-order valence-electron chi connectivity index (χ2n) is 5.98. The first-order valence-corrected chi connectivity index (χ1v) is 7.52. The van der Waals surface area contributed by atoms with Crippen LogP contribution in [-0.2, 0) is 6.42 Å². The Morgan fingerprint density at radius 3 is 2.63 bits per heavy atom. The molecule has 0 spiro atoms. The summed E-state index contributed by atoms with van der Waals surface area (Å²) in [7, 11) is 0. The number of anilines is 1. The van der Waals surface area contributed by atoms with Gasteiger partial charge >= 0.3 is 0 Å². The Hall–Kier alpha value is -1.10. The molecule has 0 aromatic carbocycles. The van der Waals surface area contributed by atoms with Crippen molar-refractivity contribution in [1.82, 2.24) is 15.2 Å². The third-order valence-electron chi connectivity index (χ3n) is 4.32. The van der Waals surface area contributed by atoms with E-state index in [0.29, 0.717) is 17.9 Å². The number of H-pyrrole nitrogens is 1. The maximum absolute atomic E-state index is 5.97. The highest BCUT2D eigenvalue weighted by molar-refractivity contribution is 5.29. The fourth-order valence-corrected chi connectivity index (χ4v) is 2.62. The largest absolute Gasteiger partial charge is 0.340 e. The third kappa shape index (κ3) is 3.69. The van der Waals surface area contributed by atoms with E-state index >= 15 is 0 Å². The van der Waals surface area contributed by atoms with Crippen LogP contribution in [0, 0.1) is 11.8 Å². The van der Waals surface area contributed by atoms with E-state index in [1.54, 1.807) is 0 Å². The molecule has 1 aliphatic rings. The fraction of sp³-hybridized carbons (Fsp3) is 0.857. The zero-order chi connectivity index (χ0) is 13.8. The summed E-state index contributed by atoms with van der Waals surface area (Å²) in [6.45, 7) is 8.61. The summed E-state index contributed by atoms with van der Waals surface area (Å²) in [6, 6.07) is 0.301. The molecule has 1 fully saturated rings. The van der Waals surface area contributed by atoms with Gasteiger partial charge in [-0.25, -0.2) is 0 Å². The van der Waals surface area contributed by atoms with Crippen molar-refractivity contribution < 1.29 is 0 Å². The Morgan fingerprint density at radius 1 is 1.37 bits per heavy atom. The smallest absolute Gasteiger partial charge is 0.244 e. The number of aromatic amines is 1.